The third kappa shape index (κ3) is 3.08. The van der Waals surface area contributed by atoms with Gasteiger partial charge in [0.1, 0.15) is 0 Å². The van der Waals surface area contributed by atoms with Gasteiger partial charge in [-0.15, -0.1) is 0 Å². The number of carbonyl (C=O) groups excluding carboxylic acids is 2. The van der Waals surface area contributed by atoms with Crippen molar-refractivity contribution in [1.82, 2.24) is 20.0 Å². The number of fused-ring (bicyclic) bond motifs is 1. The van der Waals surface area contributed by atoms with Gasteiger partial charge in [0.25, 0.3) is 0 Å². The molecule has 0 radical (unpaired) electrons. The summed E-state index contributed by atoms with van der Waals surface area (Å²) in [6.45, 7) is 3.02. The van der Waals surface area contributed by atoms with Crippen LogP contribution in [-0.4, -0.2) is 39.1 Å². The van der Waals surface area contributed by atoms with Gasteiger partial charge < -0.3 is 10.2 Å². The normalized spacial score (nSPS) is 21.1. The number of amides is 2. The van der Waals surface area contributed by atoms with Crippen LogP contribution >= 0.6 is 0 Å². The maximum absolute atomic E-state index is 12.6. The van der Waals surface area contributed by atoms with E-state index in [1.165, 1.54) is 18.4 Å². The predicted octanol–water partition coefficient (Wildman–Crippen LogP) is 2.29. The average molecular weight is 354 g/mol. The van der Waals surface area contributed by atoms with E-state index in [0.717, 1.165) is 29.4 Å². The van der Waals surface area contributed by atoms with Crippen LogP contribution in [0, 0.1) is 12.8 Å². The number of carbonyl (C=O) groups is 2. The highest BCUT2D eigenvalue weighted by Gasteiger charge is 2.38. The van der Waals surface area contributed by atoms with E-state index < -0.39 is 0 Å². The van der Waals surface area contributed by atoms with Gasteiger partial charge in [0.05, 0.1) is 23.7 Å². The molecule has 0 unspecified atom stereocenters. The van der Waals surface area contributed by atoms with Crippen LogP contribution in [0.2, 0.25) is 0 Å². The Morgan fingerprint density at radius 2 is 2.08 bits per heavy atom. The van der Waals surface area contributed by atoms with Crippen molar-refractivity contribution in [3.63, 3.8) is 0 Å². The number of hydrogen-bond donors (Lipinski definition) is 1. The maximum Gasteiger partial charge on any atom is 0.225 e. The molecule has 1 aliphatic carbocycles. The third-order valence-corrected chi connectivity index (χ3v) is 5.81. The molecule has 2 amide bonds. The lowest BCUT2D eigenvalue weighted by Gasteiger charge is -2.23. The number of rotatable bonds is 4. The summed E-state index contributed by atoms with van der Waals surface area (Å²) < 4.78 is 1.84. The molecule has 0 spiro atoms. The summed E-state index contributed by atoms with van der Waals surface area (Å²) in [7, 11) is 1.91. The van der Waals surface area contributed by atoms with Crippen molar-refractivity contribution in [2.75, 3.05) is 6.54 Å². The van der Waals surface area contributed by atoms with Gasteiger partial charge in [-0.05, 0) is 31.9 Å². The minimum atomic E-state index is -0.236. The average Bonchev–Trinajstić information content (AvgIpc) is 3.32. The Balaban J connectivity index is 1.41. The monoisotopic (exact) mass is 354 g/mol. The fourth-order valence-electron chi connectivity index (χ4n) is 4.37. The van der Waals surface area contributed by atoms with Crippen molar-refractivity contribution in [2.45, 2.75) is 51.6 Å². The lowest BCUT2D eigenvalue weighted by Crippen LogP contribution is -2.36. The molecular formula is C20H26N4O2. The highest BCUT2D eigenvalue weighted by molar-refractivity contribution is 5.90. The van der Waals surface area contributed by atoms with Crippen LogP contribution in [0.3, 0.4) is 0 Å². The highest BCUT2D eigenvalue weighted by atomic mass is 16.2. The number of nitrogens with one attached hydrogen (secondary N) is 1. The van der Waals surface area contributed by atoms with Gasteiger partial charge in [0.15, 0.2) is 0 Å². The van der Waals surface area contributed by atoms with Crippen molar-refractivity contribution in [2.24, 2.45) is 13.0 Å². The number of nitrogens with zero attached hydrogens (tertiary/aromatic N) is 3. The molecule has 138 valence electrons. The summed E-state index contributed by atoms with van der Waals surface area (Å²) in [5.41, 5.74) is 3.10. The smallest absolute Gasteiger partial charge is 0.225 e. The Bertz CT molecular complexity index is 851. The topological polar surface area (TPSA) is 67.2 Å². The first-order valence-corrected chi connectivity index (χ1v) is 9.52. The zero-order valence-electron chi connectivity index (χ0n) is 15.5. The Kier molecular flexibility index (Phi) is 4.42. The number of aromatic nitrogens is 2. The van der Waals surface area contributed by atoms with Crippen LogP contribution in [0.4, 0.5) is 0 Å². The minimum absolute atomic E-state index is 0.0368. The summed E-state index contributed by atoms with van der Waals surface area (Å²) in [5.74, 6) is -0.138. The molecule has 2 heterocycles. The standard InChI is InChI=1S/C20H26N4O2/c1-13-7-8-18-16(9-13)17(22-23(18)2)11-21-20(26)14-10-19(25)24(12-14)15-5-3-4-6-15/h7-9,14-15H,3-6,10-12H2,1-2H3,(H,21,26)/t14-/m0/s1. The second-order valence-electron chi connectivity index (χ2n) is 7.69. The molecule has 1 aliphatic heterocycles. The maximum atomic E-state index is 12.6. The van der Waals surface area contributed by atoms with E-state index >= 15 is 0 Å². The largest absolute Gasteiger partial charge is 0.350 e. The van der Waals surface area contributed by atoms with E-state index in [4.69, 9.17) is 0 Å². The summed E-state index contributed by atoms with van der Waals surface area (Å²) in [6, 6.07) is 6.57. The molecular weight excluding hydrogens is 328 g/mol. The van der Waals surface area contributed by atoms with Gasteiger partial charge in [-0.3, -0.25) is 14.3 Å². The minimum Gasteiger partial charge on any atom is -0.350 e. The first kappa shape index (κ1) is 17.1. The third-order valence-electron chi connectivity index (χ3n) is 5.81. The Labute approximate surface area is 153 Å². The molecule has 1 atom stereocenters. The molecule has 2 aliphatic rings. The lowest BCUT2D eigenvalue weighted by atomic mass is 10.1. The van der Waals surface area contributed by atoms with Crippen LogP contribution in [0.25, 0.3) is 10.9 Å². The summed E-state index contributed by atoms with van der Waals surface area (Å²) in [4.78, 5) is 26.8. The molecule has 1 aromatic heterocycles. The van der Waals surface area contributed by atoms with Gasteiger partial charge in [0, 0.05) is 31.4 Å². The van der Waals surface area contributed by atoms with Gasteiger partial charge in [-0.2, -0.15) is 5.10 Å². The van der Waals surface area contributed by atoms with Gasteiger partial charge in [-0.25, -0.2) is 0 Å². The lowest BCUT2D eigenvalue weighted by molar-refractivity contribution is -0.130. The van der Waals surface area contributed by atoms with E-state index in [1.54, 1.807) is 0 Å². The SMILES string of the molecule is Cc1ccc2c(c1)c(CNC(=O)[C@H]1CC(=O)N(C3CCCC3)C1)nn2C. The van der Waals surface area contributed by atoms with Gasteiger partial charge in [-0.1, -0.05) is 24.5 Å². The summed E-state index contributed by atoms with van der Waals surface area (Å²) >= 11 is 0. The molecule has 0 bridgehead atoms. The molecule has 1 N–H and O–H groups in total. The molecule has 2 fully saturated rings. The fraction of sp³-hybridized carbons (Fsp3) is 0.550. The zero-order chi connectivity index (χ0) is 18.3. The van der Waals surface area contributed by atoms with Gasteiger partial charge in [0.2, 0.25) is 11.8 Å². The van der Waals surface area contributed by atoms with Crippen molar-refractivity contribution < 1.29 is 9.59 Å². The van der Waals surface area contributed by atoms with E-state index in [9.17, 15) is 9.59 Å². The number of hydrogen-bond acceptors (Lipinski definition) is 3. The first-order chi connectivity index (χ1) is 12.5. The first-order valence-electron chi connectivity index (χ1n) is 9.52. The van der Waals surface area contributed by atoms with E-state index in [0.29, 0.717) is 25.6 Å². The van der Waals surface area contributed by atoms with Crippen molar-refractivity contribution >= 4 is 22.7 Å². The number of likely N-dealkylation sites (tertiary alicyclic amines) is 1. The van der Waals surface area contributed by atoms with E-state index in [2.05, 4.69) is 35.5 Å². The summed E-state index contributed by atoms with van der Waals surface area (Å²) in [6.07, 6.45) is 4.89. The molecule has 6 heteroatoms. The van der Waals surface area contributed by atoms with Gasteiger partial charge >= 0.3 is 0 Å². The van der Waals surface area contributed by atoms with Crippen LogP contribution < -0.4 is 5.32 Å². The zero-order valence-corrected chi connectivity index (χ0v) is 15.5. The van der Waals surface area contributed by atoms with E-state index in [1.807, 2.05) is 16.6 Å². The molecule has 1 saturated carbocycles. The van der Waals surface area contributed by atoms with Crippen LogP contribution in [0.1, 0.15) is 43.4 Å². The van der Waals surface area contributed by atoms with Crippen molar-refractivity contribution in [3.8, 4) is 0 Å². The van der Waals surface area contributed by atoms with Crippen molar-refractivity contribution in [1.29, 1.82) is 0 Å². The summed E-state index contributed by atoms with van der Waals surface area (Å²) in [5, 5.41) is 8.62. The Morgan fingerprint density at radius 1 is 1.31 bits per heavy atom. The molecule has 1 saturated heterocycles. The second kappa shape index (κ2) is 6.74. The Morgan fingerprint density at radius 3 is 2.85 bits per heavy atom. The van der Waals surface area contributed by atoms with Crippen molar-refractivity contribution in [3.05, 3.63) is 29.5 Å². The molecule has 4 rings (SSSR count). The van der Waals surface area contributed by atoms with Crippen LogP contribution in [-0.2, 0) is 23.2 Å². The molecule has 6 nitrogen and oxygen atoms in total. The fourth-order valence-corrected chi connectivity index (χ4v) is 4.37. The Hall–Kier alpha value is -2.37. The quantitative estimate of drug-likeness (QED) is 0.916. The number of aryl methyl sites for hydroxylation is 2. The highest BCUT2D eigenvalue weighted by Crippen LogP contribution is 2.29. The van der Waals surface area contributed by atoms with Crippen LogP contribution in [0.15, 0.2) is 18.2 Å². The molecule has 26 heavy (non-hydrogen) atoms. The molecule has 1 aromatic carbocycles. The second-order valence-corrected chi connectivity index (χ2v) is 7.69. The predicted molar refractivity (Wildman–Crippen MR) is 99.4 cm³/mol. The van der Waals surface area contributed by atoms with E-state index in [-0.39, 0.29) is 17.7 Å². The van der Waals surface area contributed by atoms with Crippen LogP contribution in [0.5, 0.6) is 0 Å². The molecule has 2 aromatic rings. The number of benzene rings is 1.